The van der Waals surface area contributed by atoms with Crippen molar-refractivity contribution >= 4 is 28.2 Å². The van der Waals surface area contributed by atoms with Gasteiger partial charge in [0.05, 0.1) is 0 Å². The first-order valence-corrected chi connectivity index (χ1v) is 8.31. The number of nitrogens with zero attached hydrogens (tertiary/aromatic N) is 3. The van der Waals surface area contributed by atoms with Crippen molar-refractivity contribution in [3.63, 3.8) is 0 Å². The van der Waals surface area contributed by atoms with E-state index >= 15 is 0 Å². The zero-order valence-corrected chi connectivity index (χ0v) is 13.4. The molecule has 2 rings (SSSR count). The zero-order chi connectivity index (χ0) is 13.8. The molecule has 0 saturated heterocycles. The van der Waals surface area contributed by atoms with Crippen LogP contribution in [0, 0.1) is 0 Å². The van der Waals surface area contributed by atoms with Crippen LogP contribution in [-0.2, 0) is 6.54 Å². The van der Waals surface area contributed by atoms with Crippen LogP contribution in [-0.4, -0.2) is 23.5 Å². The molecule has 0 bridgehead atoms. The summed E-state index contributed by atoms with van der Waals surface area (Å²) in [4.78, 5) is 3.45. The van der Waals surface area contributed by atoms with Gasteiger partial charge in [0.1, 0.15) is 5.01 Å². The highest BCUT2D eigenvalue weighted by molar-refractivity contribution is 7.98. The number of benzene rings is 1. The first-order valence-electron chi connectivity index (χ1n) is 6.27. The molecule has 0 aliphatic carbocycles. The van der Waals surface area contributed by atoms with Crippen LogP contribution in [0.1, 0.15) is 30.3 Å². The molecule has 0 fully saturated rings. The van der Waals surface area contributed by atoms with Crippen LogP contribution in [0.25, 0.3) is 0 Å². The highest BCUT2D eigenvalue weighted by Crippen LogP contribution is 2.26. The lowest BCUT2D eigenvalue weighted by Gasteiger charge is -2.15. The minimum absolute atomic E-state index is 0.445. The Balaban J connectivity index is 2.04. The Hall–Kier alpha value is -1.07. The second-order valence-electron chi connectivity index (χ2n) is 4.78. The Labute approximate surface area is 123 Å². The molecule has 1 aromatic heterocycles. The first-order chi connectivity index (χ1) is 9.10. The van der Waals surface area contributed by atoms with E-state index in [9.17, 15) is 0 Å². The number of thioether (sulfide) groups is 1. The van der Waals surface area contributed by atoms with Gasteiger partial charge in [0.2, 0.25) is 5.13 Å². The Morgan fingerprint density at radius 2 is 1.89 bits per heavy atom. The monoisotopic (exact) mass is 293 g/mol. The predicted molar refractivity (Wildman–Crippen MR) is 84.3 cm³/mol. The number of rotatable bonds is 5. The second kappa shape index (κ2) is 6.39. The molecule has 0 spiro atoms. The SMILES string of the molecule is CSc1ccc(CN(C)c2nnc(C(C)C)s2)cc1. The predicted octanol–water partition coefficient (Wildman–Crippen LogP) is 4.02. The van der Waals surface area contributed by atoms with E-state index in [0.29, 0.717) is 5.92 Å². The molecule has 19 heavy (non-hydrogen) atoms. The van der Waals surface area contributed by atoms with E-state index in [4.69, 9.17) is 0 Å². The number of anilines is 1. The van der Waals surface area contributed by atoms with Crippen LogP contribution < -0.4 is 4.90 Å². The Morgan fingerprint density at radius 1 is 1.21 bits per heavy atom. The van der Waals surface area contributed by atoms with Crippen molar-refractivity contribution in [2.45, 2.75) is 31.2 Å². The van der Waals surface area contributed by atoms with E-state index in [0.717, 1.165) is 16.7 Å². The lowest BCUT2D eigenvalue weighted by molar-refractivity contribution is 0.817. The van der Waals surface area contributed by atoms with E-state index in [2.05, 4.69) is 66.5 Å². The molecule has 1 heterocycles. The molecule has 0 N–H and O–H groups in total. The van der Waals surface area contributed by atoms with Crippen LogP contribution in [0.2, 0.25) is 0 Å². The summed E-state index contributed by atoms with van der Waals surface area (Å²) in [5, 5.41) is 10.6. The van der Waals surface area contributed by atoms with Gasteiger partial charge in [-0.15, -0.1) is 22.0 Å². The summed E-state index contributed by atoms with van der Waals surface area (Å²) in [5.74, 6) is 0.445. The summed E-state index contributed by atoms with van der Waals surface area (Å²) in [6, 6.07) is 8.67. The van der Waals surface area contributed by atoms with Crippen molar-refractivity contribution in [3.05, 3.63) is 34.8 Å². The third-order valence-corrected chi connectivity index (χ3v) is 4.91. The number of aromatic nitrogens is 2. The number of hydrogen-bond acceptors (Lipinski definition) is 5. The molecule has 0 amide bonds. The maximum Gasteiger partial charge on any atom is 0.208 e. The van der Waals surface area contributed by atoms with Gasteiger partial charge >= 0.3 is 0 Å². The van der Waals surface area contributed by atoms with Crippen molar-refractivity contribution in [2.24, 2.45) is 0 Å². The normalized spacial score (nSPS) is 11.0. The molecule has 3 nitrogen and oxygen atoms in total. The molecule has 102 valence electrons. The van der Waals surface area contributed by atoms with Gasteiger partial charge < -0.3 is 4.90 Å². The molecule has 0 aliphatic heterocycles. The summed E-state index contributed by atoms with van der Waals surface area (Å²) in [6.45, 7) is 5.15. The highest BCUT2D eigenvalue weighted by atomic mass is 32.2. The summed E-state index contributed by atoms with van der Waals surface area (Å²) >= 11 is 3.44. The minimum atomic E-state index is 0.445. The topological polar surface area (TPSA) is 29.0 Å². The maximum absolute atomic E-state index is 4.26. The fourth-order valence-corrected chi connectivity index (χ4v) is 2.90. The van der Waals surface area contributed by atoms with Crippen molar-refractivity contribution < 1.29 is 0 Å². The lowest BCUT2D eigenvalue weighted by Crippen LogP contribution is -2.15. The van der Waals surface area contributed by atoms with Gasteiger partial charge in [-0.25, -0.2) is 0 Å². The molecule has 0 atom stereocenters. The van der Waals surface area contributed by atoms with Gasteiger partial charge in [-0.05, 0) is 24.0 Å². The Kier molecular flexibility index (Phi) is 4.82. The molecule has 1 aromatic carbocycles. The first kappa shape index (κ1) is 14.3. The molecule has 0 radical (unpaired) electrons. The fourth-order valence-electron chi connectivity index (χ4n) is 1.69. The molecule has 5 heteroatoms. The average Bonchev–Trinajstić information content (AvgIpc) is 2.89. The fraction of sp³-hybridized carbons (Fsp3) is 0.429. The summed E-state index contributed by atoms with van der Waals surface area (Å²) < 4.78 is 0. The van der Waals surface area contributed by atoms with Crippen molar-refractivity contribution in [3.8, 4) is 0 Å². The Bertz CT molecular complexity index is 520. The largest absolute Gasteiger partial charge is 0.345 e. The van der Waals surface area contributed by atoms with E-state index in [1.807, 2.05) is 0 Å². The van der Waals surface area contributed by atoms with Crippen LogP contribution in [0.15, 0.2) is 29.2 Å². The van der Waals surface area contributed by atoms with Gasteiger partial charge in [-0.2, -0.15) is 0 Å². The molecule has 0 aliphatic rings. The van der Waals surface area contributed by atoms with Gasteiger partial charge in [0.25, 0.3) is 0 Å². The third-order valence-electron chi connectivity index (χ3n) is 2.83. The van der Waals surface area contributed by atoms with Crippen LogP contribution in [0.3, 0.4) is 0 Å². The summed E-state index contributed by atoms with van der Waals surface area (Å²) in [5.41, 5.74) is 1.29. The van der Waals surface area contributed by atoms with Gasteiger partial charge in [0.15, 0.2) is 0 Å². The van der Waals surface area contributed by atoms with Gasteiger partial charge in [0, 0.05) is 24.4 Å². The minimum Gasteiger partial charge on any atom is -0.345 e. The number of hydrogen-bond donors (Lipinski definition) is 0. The van der Waals surface area contributed by atoms with Crippen molar-refractivity contribution in [1.29, 1.82) is 0 Å². The van der Waals surface area contributed by atoms with Crippen molar-refractivity contribution in [1.82, 2.24) is 10.2 Å². The Morgan fingerprint density at radius 3 is 2.42 bits per heavy atom. The van der Waals surface area contributed by atoms with E-state index in [1.54, 1.807) is 23.1 Å². The molecule has 2 aromatic rings. The lowest BCUT2D eigenvalue weighted by atomic mass is 10.2. The molecule has 0 unspecified atom stereocenters. The maximum atomic E-state index is 4.26. The molecule has 0 saturated carbocycles. The van der Waals surface area contributed by atoms with Gasteiger partial charge in [-0.1, -0.05) is 37.3 Å². The molecular formula is C14H19N3S2. The summed E-state index contributed by atoms with van der Waals surface area (Å²) in [6.07, 6.45) is 2.09. The average molecular weight is 293 g/mol. The zero-order valence-electron chi connectivity index (χ0n) is 11.8. The van der Waals surface area contributed by atoms with Gasteiger partial charge in [-0.3, -0.25) is 0 Å². The quantitative estimate of drug-likeness (QED) is 0.779. The second-order valence-corrected chi connectivity index (χ2v) is 6.65. The van der Waals surface area contributed by atoms with Crippen LogP contribution in [0.4, 0.5) is 5.13 Å². The smallest absolute Gasteiger partial charge is 0.208 e. The standard InChI is InChI=1S/C14H19N3S2/c1-10(2)13-15-16-14(19-13)17(3)9-11-5-7-12(18-4)8-6-11/h5-8,10H,9H2,1-4H3. The molecular weight excluding hydrogens is 274 g/mol. The van der Waals surface area contributed by atoms with Crippen LogP contribution in [0.5, 0.6) is 0 Å². The summed E-state index contributed by atoms with van der Waals surface area (Å²) in [7, 11) is 2.06. The highest BCUT2D eigenvalue weighted by Gasteiger charge is 2.11. The van der Waals surface area contributed by atoms with E-state index in [1.165, 1.54) is 10.5 Å². The van der Waals surface area contributed by atoms with E-state index < -0.39 is 0 Å². The van der Waals surface area contributed by atoms with Crippen molar-refractivity contribution in [2.75, 3.05) is 18.2 Å². The third kappa shape index (κ3) is 3.70. The van der Waals surface area contributed by atoms with E-state index in [-0.39, 0.29) is 0 Å². The van der Waals surface area contributed by atoms with Crippen LogP contribution >= 0.6 is 23.1 Å².